The predicted molar refractivity (Wildman–Crippen MR) is 72.0 cm³/mol. The molecule has 5 heteroatoms. The van der Waals surface area contributed by atoms with Gasteiger partial charge in [-0.3, -0.25) is 13.9 Å². The first-order valence-corrected chi connectivity index (χ1v) is 6.23. The van der Waals surface area contributed by atoms with Gasteiger partial charge in [-0.25, -0.2) is 4.79 Å². The molecule has 0 bridgehead atoms. The van der Waals surface area contributed by atoms with Crippen LogP contribution in [-0.2, 0) is 27.6 Å². The van der Waals surface area contributed by atoms with E-state index >= 15 is 0 Å². The number of nitrogens with zero attached hydrogens (tertiary/aromatic N) is 3. The SMILES string of the molecule is CCCCc1cc2c(c(=O)n(C)c(=O)n2C)n1C. The molecule has 0 aliphatic heterocycles. The summed E-state index contributed by atoms with van der Waals surface area (Å²) in [5.41, 5.74) is 1.92. The van der Waals surface area contributed by atoms with Gasteiger partial charge in [-0.05, 0) is 18.9 Å². The third-order valence-corrected chi connectivity index (χ3v) is 3.54. The van der Waals surface area contributed by atoms with Gasteiger partial charge in [-0.15, -0.1) is 0 Å². The van der Waals surface area contributed by atoms with E-state index in [-0.39, 0.29) is 11.2 Å². The molecule has 2 heterocycles. The third kappa shape index (κ3) is 1.70. The molecule has 0 unspecified atom stereocenters. The first-order valence-electron chi connectivity index (χ1n) is 6.23. The molecule has 0 saturated carbocycles. The summed E-state index contributed by atoms with van der Waals surface area (Å²) in [7, 11) is 5.11. The van der Waals surface area contributed by atoms with Crippen LogP contribution in [0.2, 0.25) is 0 Å². The minimum absolute atomic E-state index is 0.224. The summed E-state index contributed by atoms with van der Waals surface area (Å²) < 4.78 is 4.60. The van der Waals surface area contributed by atoms with Gasteiger partial charge < -0.3 is 4.57 Å². The maximum absolute atomic E-state index is 12.1. The van der Waals surface area contributed by atoms with Crippen molar-refractivity contribution < 1.29 is 0 Å². The summed E-state index contributed by atoms with van der Waals surface area (Å²) in [6.45, 7) is 2.14. The molecular weight excluding hydrogens is 230 g/mol. The van der Waals surface area contributed by atoms with E-state index in [9.17, 15) is 9.59 Å². The Hall–Kier alpha value is -1.78. The van der Waals surface area contributed by atoms with Gasteiger partial charge in [-0.2, -0.15) is 0 Å². The summed E-state index contributed by atoms with van der Waals surface area (Å²) in [6, 6.07) is 1.95. The van der Waals surface area contributed by atoms with Crippen molar-refractivity contribution in [2.75, 3.05) is 0 Å². The lowest BCUT2D eigenvalue weighted by Crippen LogP contribution is -2.37. The molecular formula is C13H19N3O2. The van der Waals surface area contributed by atoms with Gasteiger partial charge in [-0.1, -0.05) is 13.3 Å². The Morgan fingerprint density at radius 2 is 1.72 bits per heavy atom. The Kier molecular flexibility index (Phi) is 3.15. The van der Waals surface area contributed by atoms with Gasteiger partial charge in [0.1, 0.15) is 5.52 Å². The van der Waals surface area contributed by atoms with Crippen LogP contribution in [0, 0.1) is 0 Å². The van der Waals surface area contributed by atoms with Crippen LogP contribution in [0.5, 0.6) is 0 Å². The van der Waals surface area contributed by atoms with E-state index < -0.39 is 0 Å². The molecule has 0 aliphatic carbocycles. The standard InChI is InChI=1S/C13H19N3O2/c1-5-6-7-9-8-10-11(14(9)2)12(17)16(4)13(18)15(10)3/h8H,5-7H2,1-4H3. The highest BCUT2D eigenvalue weighted by Crippen LogP contribution is 2.15. The first-order chi connectivity index (χ1) is 8.49. The van der Waals surface area contributed by atoms with Crippen molar-refractivity contribution in [1.29, 1.82) is 0 Å². The Bertz CT molecular complexity index is 704. The van der Waals surface area contributed by atoms with Crippen molar-refractivity contribution >= 4 is 11.0 Å². The molecule has 2 aromatic heterocycles. The zero-order chi connectivity index (χ0) is 13.4. The fraction of sp³-hybridized carbons (Fsp3) is 0.538. The summed E-state index contributed by atoms with van der Waals surface area (Å²) in [5, 5.41) is 0. The van der Waals surface area contributed by atoms with Crippen molar-refractivity contribution in [3.8, 4) is 0 Å². The largest absolute Gasteiger partial charge is 0.342 e. The minimum atomic E-state index is -0.278. The second-order valence-corrected chi connectivity index (χ2v) is 4.74. The molecule has 0 spiro atoms. The molecule has 0 aromatic carbocycles. The van der Waals surface area contributed by atoms with Crippen LogP contribution in [0.1, 0.15) is 25.5 Å². The average molecular weight is 249 g/mol. The lowest BCUT2D eigenvalue weighted by molar-refractivity contribution is 0.704. The molecule has 5 nitrogen and oxygen atoms in total. The minimum Gasteiger partial charge on any atom is -0.342 e. The Labute approximate surface area is 105 Å². The van der Waals surface area contributed by atoms with Crippen molar-refractivity contribution in [2.45, 2.75) is 26.2 Å². The summed E-state index contributed by atoms with van der Waals surface area (Å²) in [6.07, 6.45) is 3.12. The summed E-state index contributed by atoms with van der Waals surface area (Å²) >= 11 is 0. The van der Waals surface area contributed by atoms with Gasteiger partial charge in [0.05, 0.1) is 5.52 Å². The fourth-order valence-corrected chi connectivity index (χ4v) is 2.32. The van der Waals surface area contributed by atoms with E-state index in [0.29, 0.717) is 5.52 Å². The van der Waals surface area contributed by atoms with Crippen LogP contribution in [0.15, 0.2) is 15.7 Å². The number of aryl methyl sites for hydroxylation is 3. The van der Waals surface area contributed by atoms with Gasteiger partial charge >= 0.3 is 5.69 Å². The zero-order valence-electron chi connectivity index (χ0n) is 11.4. The fourth-order valence-electron chi connectivity index (χ4n) is 2.32. The topological polar surface area (TPSA) is 48.9 Å². The summed E-state index contributed by atoms with van der Waals surface area (Å²) in [5.74, 6) is 0. The molecule has 18 heavy (non-hydrogen) atoms. The smallest absolute Gasteiger partial charge is 0.331 e. The van der Waals surface area contributed by atoms with E-state index in [0.717, 1.165) is 35.0 Å². The number of fused-ring (bicyclic) bond motifs is 1. The quantitative estimate of drug-likeness (QED) is 0.812. The van der Waals surface area contributed by atoms with Crippen molar-refractivity contribution in [3.05, 3.63) is 32.6 Å². The molecule has 2 aromatic rings. The van der Waals surface area contributed by atoms with Gasteiger partial charge in [0, 0.05) is 26.8 Å². The number of hydrogen-bond acceptors (Lipinski definition) is 2. The molecule has 0 N–H and O–H groups in total. The second kappa shape index (κ2) is 4.48. The zero-order valence-corrected chi connectivity index (χ0v) is 11.4. The second-order valence-electron chi connectivity index (χ2n) is 4.74. The highest BCUT2D eigenvalue weighted by molar-refractivity contribution is 5.76. The van der Waals surface area contributed by atoms with Crippen LogP contribution in [0.4, 0.5) is 0 Å². The number of hydrogen-bond donors (Lipinski definition) is 0. The van der Waals surface area contributed by atoms with Crippen LogP contribution in [0.3, 0.4) is 0 Å². The number of aromatic nitrogens is 3. The monoisotopic (exact) mass is 249 g/mol. The normalized spacial score (nSPS) is 11.3. The Balaban J connectivity index is 2.80. The Morgan fingerprint density at radius 1 is 1.06 bits per heavy atom. The first kappa shape index (κ1) is 12.7. The van der Waals surface area contributed by atoms with Crippen LogP contribution < -0.4 is 11.2 Å². The van der Waals surface area contributed by atoms with Gasteiger partial charge in [0.15, 0.2) is 0 Å². The molecule has 0 fully saturated rings. The maximum Gasteiger partial charge on any atom is 0.331 e. The molecule has 0 amide bonds. The van der Waals surface area contributed by atoms with Gasteiger partial charge in [0.25, 0.3) is 5.56 Å². The van der Waals surface area contributed by atoms with E-state index in [2.05, 4.69) is 6.92 Å². The molecule has 0 radical (unpaired) electrons. The van der Waals surface area contributed by atoms with Gasteiger partial charge in [0.2, 0.25) is 0 Å². The molecule has 0 aliphatic rings. The molecule has 98 valence electrons. The third-order valence-electron chi connectivity index (χ3n) is 3.54. The lowest BCUT2D eigenvalue weighted by atomic mass is 10.2. The van der Waals surface area contributed by atoms with Crippen molar-refractivity contribution in [3.63, 3.8) is 0 Å². The predicted octanol–water partition coefficient (Wildman–Crippen LogP) is 0.918. The maximum atomic E-state index is 12.1. The lowest BCUT2D eigenvalue weighted by Gasteiger charge is -2.05. The molecule has 0 saturated heterocycles. The van der Waals surface area contributed by atoms with E-state index in [1.54, 1.807) is 7.05 Å². The van der Waals surface area contributed by atoms with E-state index in [1.165, 1.54) is 11.6 Å². The Morgan fingerprint density at radius 3 is 2.33 bits per heavy atom. The van der Waals surface area contributed by atoms with Crippen LogP contribution in [0.25, 0.3) is 11.0 Å². The molecule has 0 atom stereocenters. The highest BCUT2D eigenvalue weighted by Gasteiger charge is 2.14. The van der Waals surface area contributed by atoms with E-state index in [1.807, 2.05) is 17.7 Å². The van der Waals surface area contributed by atoms with Crippen LogP contribution in [-0.4, -0.2) is 13.7 Å². The van der Waals surface area contributed by atoms with Crippen molar-refractivity contribution in [2.24, 2.45) is 21.1 Å². The average Bonchev–Trinajstić information content (AvgIpc) is 2.69. The number of rotatable bonds is 3. The van der Waals surface area contributed by atoms with Crippen molar-refractivity contribution in [1.82, 2.24) is 13.7 Å². The number of unbranched alkanes of at least 4 members (excludes halogenated alkanes) is 1. The summed E-state index contributed by atoms with van der Waals surface area (Å²) in [4.78, 5) is 24.0. The highest BCUT2D eigenvalue weighted by atomic mass is 16.2. The van der Waals surface area contributed by atoms with Crippen LogP contribution >= 0.6 is 0 Å². The molecule has 2 rings (SSSR count). The van der Waals surface area contributed by atoms with E-state index in [4.69, 9.17) is 0 Å².